The highest BCUT2D eigenvalue weighted by Gasteiger charge is 2.38. The molecular weight excluding hydrogens is 299 g/mol. The second kappa shape index (κ2) is 6.06. The average molecular weight is 317 g/mol. The van der Waals surface area contributed by atoms with Crippen LogP contribution < -0.4 is 4.90 Å². The molecule has 110 valence electrons. The second-order valence-electron chi connectivity index (χ2n) is 5.46. The van der Waals surface area contributed by atoms with Crippen molar-refractivity contribution in [1.82, 2.24) is 4.98 Å². The normalized spacial score (nSPS) is 30.8. The summed E-state index contributed by atoms with van der Waals surface area (Å²) in [4.78, 5) is 6.57. The molecule has 2 saturated heterocycles. The van der Waals surface area contributed by atoms with Crippen LogP contribution >= 0.6 is 23.2 Å². The Morgan fingerprint density at radius 1 is 1.35 bits per heavy atom. The third-order valence-corrected chi connectivity index (χ3v) is 4.70. The minimum absolute atomic E-state index is 0.125. The van der Waals surface area contributed by atoms with Crippen molar-refractivity contribution in [2.24, 2.45) is 5.92 Å². The number of aromatic nitrogens is 1. The molecule has 1 N–H and O–H groups in total. The molecule has 3 atom stereocenters. The Labute approximate surface area is 128 Å². The summed E-state index contributed by atoms with van der Waals surface area (Å²) in [5.41, 5.74) is 0. The lowest BCUT2D eigenvalue weighted by atomic mass is 9.89. The summed E-state index contributed by atoms with van der Waals surface area (Å²) in [6.45, 7) is 2.15. The van der Waals surface area contributed by atoms with Crippen molar-refractivity contribution < 1.29 is 9.84 Å². The van der Waals surface area contributed by atoms with Crippen molar-refractivity contribution in [1.29, 1.82) is 0 Å². The van der Waals surface area contributed by atoms with Crippen molar-refractivity contribution in [3.05, 3.63) is 22.3 Å². The van der Waals surface area contributed by atoms with Crippen molar-refractivity contribution in [2.45, 2.75) is 31.4 Å². The first-order chi connectivity index (χ1) is 9.66. The third-order valence-electron chi connectivity index (χ3n) is 4.22. The van der Waals surface area contributed by atoms with E-state index in [1.807, 2.05) is 0 Å². The van der Waals surface area contributed by atoms with E-state index in [4.69, 9.17) is 27.9 Å². The number of ether oxygens (including phenoxy) is 1. The maximum Gasteiger partial charge on any atom is 0.147 e. The molecule has 0 saturated carbocycles. The predicted molar refractivity (Wildman–Crippen MR) is 79.6 cm³/mol. The summed E-state index contributed by atoms with van der Waals surface area (Å²) in [6, 6.07) is 1.95. The number of hydrogen-bond donors (Lipinski definition) is 1. The van der Waals surface area contributed by atoms with Gasteiger partial charge in [0.2, 0.25) is 0 Å². The standard InChI is InChI=1S/C14H18Cl2N2O2/c15-9-6-11(16)14(17-7-9)18-4-1-2-12(18)10-8-20-5-3-13(10)19/h6-7,10,12-13,19H,1-5,8H2/t10-,12+,13+/m0/s1. The highest BCUT2D eigenvalue weighted by molar-refractivity contribution is 6.36. The topological polar surface area (TPSA) is 45.6 Å². The van der Waals surface area contributed by atoms with Crippen LogP contribution in [0, 0.1) is 5.92 Å². The first kappa shape index (κ1) is 14.4. The number of pyridine rings is 1. The van der Waals surface area contributed by atoms with Crippen LogP contribution in [0.2, 0.25) is 10.0 Å². The summed E-state index contributed by atoms with van der Waals surface area (Å²) in [7, 11) is 0. The Kier molecular flexibility index (Phi) is 4.36. The lowest BCUT2D eigenvalue weighted by molar-refractivity contribution is -0.0438. The SMILES string of the molecule is O[C@@H]1CCOC[C@H]1[C@H]1CCCN1c1ncc(Cl)cc1Cl. The van der Waals surface area contributed by atoms with Gasteiger partial charge in [0.25, 0.3) is 0 Å². The van der Waals surface area contributed by atoms with Gasteiger partial charge in [-0.05, 0) is 25.3 Å². The molecule has 0 unspecified atom stereocenters. The number of halogens is 2. The zero-order valence-corrected chi connectivity index (χ0v) is 12.6. The molecule has 0 aliphatic carbocycles. The highest BCUT2D eigenvalue weighted by atomic mass is 35.5. The number of nitrogens with zero attached hydrogens (tertiary/aromatic N) is 2. The number of hydrogen-bond acceptors (Lipinski definition) is 4. The number of rotatable bonds is 2. The van der Waals surface area contributed by atoms with E-state index in [0.717, 1.165) is 25.2 Å². The smallest absolute Gasteiger partial charge is 0.147 e. The molecular formula is C14H18Cl2N2O2. The molecule has 0 amide bonds. The first-order valence-corrected chi connectivity index (χ1v) is 7.76. The predicted octanol–water partition coefficient (Wildman–Crippen LogP) is 2.75. The van der Waals surface area contributed by atoms with Crippen LogP contribution in [0.1, 0.15) is 19.3 Å². The van der Waals surface area contributed by atoms with Gasteiger partial charge in [-0.2, -0.15) is 0 Å². The van der Waals surface area contributed by atoms with Crippen molar-refractivity contribution in [3.63, 3.8) is 0 Å². The molecule has 2 aliphatic heterocycles. The summed E-state index contributed by atoms with van der Waals surface area (Å²) in [5.74, 6) is 0.885. The lowest BCUT2D eigenvalue weighted by Gasteiger charge is -2.37. The van der Waals surface area contributed by atoms with Crippen LogP contribution in [-0.4, -0.2) is 42.0 Å². The summed E-state index contributed by atoms with van der Waals surface area (Å²) >= 11 is 12.2. The van der Waals surface area contributed by atoms with Gasteiger partial charge in [-0.15, -0.1) is 0 Å². The van der Waals surface area contributed by atoms with Crippen LogP contribution in [0.15, 0.2) is 12.3 Å². The van der Waals surface area contributed by atoms with E-state index in [2.05, 4.69) is 9.88 Å². The molecule has 20 heavy (non-hydrogen) atoms. The Hall–Kier alpha value is -0.550. The molecule has 1 aromatic heterocycles. The number of aliphatic hydroxyl groups is 1. The largest absolute Gasteiger partial charge is 0.393 e. The van der Waals surface area contributed by atoms with Gasteiger partial charge < -0.3 is 14.7 Å². The molecule has 2 aliphatic rings. The fraction of sp³-hybridized carbons (Fsp3) is 0.643. The maximum atomic E-state index is 10.2. The van der Waals surface area contributed by atoms with E-state index < -0.39 is 0 Å². The third kappa shape index (κ3) is 2.75. The highest BCUT2D eigenvalue weighted by Crippen LogP contribution is 2.36. The number of anilines is 1. The van der Waals surface area contributed by atoms with Crippen LogP contribution in [0.5, 0.6) is 0 Å². The molecule has 0 spiro atoms. The van der Waals surface area contributed by atoms with Crippen LogP contribution in [0.3, 0.4) is 0 Å². The molecule has 6 heteroatoms. The molecule has 0 bridgehead atoms. The minimum atomic E-state index is -0.305. The molecule has 3 rings (SSSR count). The van der Waals surface area contributed by atoms with Crippen molar-refractivity contribution >= 4 is 29.0 Å². The van der Waals surface area contributed by atoms with Gasteiger partial charge in [0.15, 0.2) is 0 Å². The molecule has 4 nitrogen and oxygen atoms in total. The summed E-state index contributed by atoms with van der Waals surface area (Å²) in [5, 5.41) is 11.3. The fourth-order valence-electron chi connectivity index (χ4n) is 3.24. The van der Waals surface area contributed by atoms with Crippen molar-refractivity contribution in [3.8, 4) is 0 Å². The maximum absolute atomic E-state index is 10.2. The molecule has 3 heterocycles. The Morgan fingerprint density at radius 3 is 2.95 bits per heavy atom. The van der Waals surface area contributed by atoms with E-state index in [-0.39, 0.29) is 18.1 Å². The Bertz CT molecular complexity index is 486. The number of aliphatic hydroxyl groups excluding tert-OH is 1. The van der Waals surface area contributed by atoms with Crippen LogP contribution in [-0.2, 0) is 4.74 Å². The monoisotopic (exact) mass is 316 g/mol. The first-order valence-electron chi connectivity index (χ1n) is 7.00. The second-order valence-corrected chi connectivity index (χ2v) is 6.30. The van der Waals surface area contributed by atoms with Crippen LogP contribution in [0.4, 0.5) is 5.82 Å². The van der Waals surface area contributed by atoms with E-state index in [0.29, 0.717) is 29.7 Å². The molecule has 2 fully saturated rings. The van der Waals surface area contributed by atoms with E-state index >= 15 is 0 Å². The van der Waals surface area contributed by atoms with Crippen LogP contribution in [0.25, 0.3) is 0 Å². The van der Waals surface area contributed by atoms with E-state index in [1.54, 1.807) is 12.3 Å². The van der Waals surface area contributed by atoms with E-state index in [1.165, 1.54) is 0 Å². The summed E-state index contributed by atoms with van der Waals surface area (Å²) < 4.78 is 5.54. The average Bonchev–Trinajstić information content (AvgIpc) is 2.88. The molecule has 1 aromatic rings. The quantitative estimate of drug-likeness (QED) is 0.911. The summed E-state index contributed by atoms with van der Waals surface area (Å²) in [6.07, 6.45) is 4.13. The Balaban J connectivity index is 1.84. The van der Waals surface area contributed by atoms with Gasteiger partial charge in [0, 0.05) is 31.3 Å². The van der Waals surface area contributed by atoms with Crippen molar-refractivity contribution in [2.75, 3.05) is 24.7 Å². The Morgan fingerprint density at radius 2 is 2.20 bits per heavy atom. The van der Waals surface area contributed by atoms with Gasteiger partial charge in [0.05, 0.1) is 22.8 Å². The van der Waals surface area contributed by atoms with Gasteiger partial charge in [-0.25, -0.2) is 4.98 Å². The van der Waals surface area contributed by atoms with Gasteiger partial charge >= 0.3 is 0 Å². The molecule has 0 radical (unpaired) electrons. The molecule has 0 aromatic carbocycles. The van der Waals surface area contributed by atoms with E-state index in [9.17, 15) is 5.11 Å². The minimum Gasteiger partial charge on any atom is -0.393 e. The fourth-order valence-corrected chi connectivity index (χ4v) is 3.72. The lowest BCUT2D eigenvalue weighted by Crippen LogP contribution is -2.46. The van der Waals surface area contributed by atoms with Gasteiger partial charge in [-0.3, -0.25) is 0 Å². The van der Waals surface area contributed by atoms with Gasteiger partial charge in [-0.1, -0.05) is 23.2 Å². The van der Waals surface area contributed by atoms with Gasteiger partial charge in [0.1, 0.15) is 5.82 Å². The zero-order valence-electron chi connectivity index (χ0n) is 11.1. The zero-order chi connectivity index (χ0) is 14.1.